The van der Waals surface area contributed by atoms with Crippen LogP contribution in [-0.4, -0.2) is 17.0 Å². The minimum atomic E-state index is -1.19. The first-order valence-electron chi connectivity index (χ1n) is 5.57. The summed E-state index contributed by atoms with van der Waals surface area (Å²) in [6, 6.07) is 9.78. The number of carboxylic acid groups (broad SMARTS) is 1. The van der Waals surface area contributed by atoms with Crippen molar-refractivity contribution in [3.63, 3.8) is 0 Å². The van der Waals surface area contributed by atoms with E-state index >= 15 is 0 Å². The van der Waals surface area contributed by atoms with Crippen LogP contribution in [-0.2, 0) is 0 Å². The van der Waals surface area contributed by atoms with Crippen molar-refractivity contribution in [1.82, 2.24) is 0 Å². The summed E-state index contributed by atoms with van der Waals surface area (Å²) in [6.07, 6.45) is 0. The van der Waals surface area contributed by atoms with Gasteiger partial charge in [0, 0.05) is 10.0 Å². The Morgan fingerprint density at radius 3 is 2.50 bits per heavy atom. The molecule has 4 nitrogen and oxygen atoms in total. The zero-order valence-corrected chi connectivity index (χ0v) is 11.6. The van der Waals surface area contributed by atoms with Crippen LogP contribution < -0.4 is 5.32 Å². The van der Waals surface area contributed by atoms with E-state index in [4.69, 9.17) is 5.11 Å². The molecule has 2 aromatic rings. The van der Waals surface area contributed by atoms with Gasteiger partial charge in [-0.25, -0.2) is 9.18 Å². The first-order chi connectivity index (χ1) is 9.47. The summed E-state index contributed by atoms with van der Waals surface area (Å²) < 4.78 is 14.3. The summed E-state index contributed by atoms with van der Waals surface area (Å²) in [5.41, 5.74) is 0.0605. The Morgan fingerprint density at radius 1 is 1.10 bits per heavy atom. The van der Waals surface area contributed by atoms with E-state index in [2.05, 4.69) is 21.2 Å². The lowest BCUT2D eigenvalue weighted by molar-refractivity contribution is 0.0696. The van der Waals surface area contributed by atoms with Crippen LogP contribution in [0, 0.1) is 5.82 Å². The Morgan fingerprint density at radius 2 is 1.85 bits per heavy atom. The van der Waals surface area contributed by atoms with E-state index in [1.165, 1.54) is 0 Å². The largest absolute Gasteiger partial charge is 0.478 e. The highest BCUT2D eigenvalue weighted by molar-refractivity contribution is 9.10. The number of aromatic carboxylic acids is 1. The highest BCUT2D eigenvalue weighted by Crippen LogP contribution is 2.18. The van der Waals surface area contributed by atoms with E-state index < -0.39 is 17.7 Å². The van der Waals surface area contributed by atoms with Gasteiger partial charge in [0.15, 0.2) is 0 Å². The molecule has 2 N–H and O–H groups in total. The van der Waals surface area contributed by atoms with Crippen LogP contribution >= 0.6 is 15.9 Å². The second-order valence-corrected chi connectivity index (χ2v) is 4.88. The third-order valence-corrected chi connectivity index (χ3v) is 3.04. The van der Waals surface area contributed by atoms with E-state index in [0.717, 1.165) is 18.2 Å². The van der Waals surface area contributed by atoms with Crippen LogP contribution in [0.15, 0.2) is 46.9 Å². The predicted molar refractivity (Wildman–Crippen MR) is 75.5 cm³/mol. The van der Waals surface area contributed by atoms with E-state index in [1.54, 1.807) is 24.3 Å². The highest BCUT2D eigenvalue weighted by Gasteiger charge is 2.12. The van der Waals surface area contributed by atoms with Crippen molar-refractivity contribution in [2.75, 3.05) is 5.32 Å². The minimum absolute atomic E-state index is 0.101. The molecule has 0 aromatic heterocycles. The molecule has 102 valence electrons. The predicted octanol–water partition coefficient (Wildman–Crippen LogP) is 3.54. The van der Waals surface area contributed by atoms with Crippen LogP contribution in [0.25, 0.3) is 0 Å². The maximum Gasteiger partial charge on any atom is 0.335 e. The molecule has 0 spiro atoms. The first-order valence-corrected chi connectivity index (χ1v) is 6.36. The average molecular weight is 338 g/mol. The molecule has 20 heavy (non-hydrogen) atoms. The van der Waals surface area contributed by atoms with Gasteiger partial charge >= 0.3 is 5.97 Å². The van der Waals surface area contributed by atoms with Crippen LogP contribution in [0.4, 0.5) is 10.1 Å². The van der Waals surface area contributed by atoms with Crippen molar-refractivity contribution in [3.05, 3.63) is 63.9 Å². The van der Waals surface area contributed by atoms with Gasteiger partial charge in [-0.15, -0.1) is 0 Å². The molecule has 0 radical (unpaired) electrons. The SMILES string of the molecule is O=C(O)c1ccc(F)c(NC(=O)c2cccc(Br)c2)c1. The molecule has 0 fully saturated rings. The molecule has 0 heterocycles. The number of carbonyl (C=O) groups excluding carboxylic acids is 1. The van der Waals surface area contributed by atoms with Crippen molar-refractivity contribution in [1.29, 1.82) is 0 Å². The molecular formula is C14H9BrFNO3. The monoisotopic (exact) mass is 337 g/mol. The number of carbonyl (C=O) groups is 2. The van der Waals surface area contributed by atoms with Gasteiger partial charge in [0.2, 0.25) is 0 Å². The van der Waals surface area contributed by atoms with E-state index in [-0.39, 0.29) is 11.3 Å². The maximum atomic E-state index is 13.6. The minimum Gasteiger partial charge on any atom is -0.478 e. The Bertz CT molecular complexity index is 688. The van der Waals surface area contributed by atoms with Gasteiger partial charge < -0.3 is 10.4 Å². The fourth-order valence-electron chi connectivity index (χ4n) is 1.58. The fraction of sp³-hybridized carbons (Fsp3) is 0. The number of hydrogen-bond donors (Lipinski definition) is 2. The quantitative estimate of drug-likeness (QED) is 0.900. The van der Waals surface area contributed by atoms with Gasteiger partial charge in [0.1, 0.15) is 5.82 Å². The standard InChI is InChI=1S/C14H9BrFNO3/c15-10-3-1-2-8(6-10)13(18)17-12-7-9(14(19)20)4-5-11(12)16/h1-7H,(H,17,18)(H,19,20). The number of carboxylic acids is 1. The molecule has 0 saturated carbocycles. The number of hydrogen-bond acceptors (Lipinski definition) is 2. The third-order valence-electron chi connectivity index (χ3n) is 2.55. The van der Waals surface area contributed by atoms with Crippen molar-refractivity contribution >= 4 is 33.5 Å². The number of amides is 1. The van der Waals surface area contributed by atoms with Gasteiger partial charge in [0.25, 0.3) is 5.91 Å². The molecule has 0 atom stereocenters. The Hall–Kier alpha value is -2.21. The second kappa shape index (κ2) is 5.83. The lowest BCUT2D eigenvalue weighted by atomic mass is 10.1. The van der Waals surface area contributed by atoms with E-state index in [1.807, 2.05) is 0 Å². The van der Waals surface area contributed by atoms with Gasteiger partial charge in [-0.05, 0) is 36.4 Å². The topological polar surface area (TPSA) is 66.4 Å². The lowest BCUT2D eigenvalue weighted by Gasteiger charge is -2.07. The average Bonchev–Trinajstić information content (AvgIpc) is 2.41. The van der Waals surface area contributed by atoms with Crippen LogP contribution in [0.5, 0.6) is 0 Å². The van der Waals surface area contributed by atoms with Crippen LogP contribution in [0.3, 0.4) is 0 Å². The number of anilines is 1. The molecule has 0 unspecified atom stereocenters. The number of nitrogens with one attached hydrogen (secondary N) is 1. The van der Waals surface area contributed by atoms with Crippen molar-refractivity contribution in [2.24, 2.45) is 0 Å². The van der Waals surface area contributed by atoms with Gasteiger partial charge in [0.05, 0.1) is 11.3 Å². The summed E-state index contributed by atoms with van der Waals surface area (Å²) in [4.78, 5) is 22.8. The molecule has 1 amide bonds. The molecule has 6 heteroatoms. The van der Waals surface area contributed by atoms with Crippen LogP contribution in [0.2, 0.25) is 0 Å². The molecule has 0 aliphatic heterocycles. The summed E-state index contributed by atoms with van der Waals surface area (Å²) in [6.45, 7) is 0. The van der Waals surface area contributed by atoms with Crippen LogP contribution in [0.1, 0.15) is 20.7 Å². The Balaban J connectivity index is 2.27. The Kier molecular flexibility index (Phi) is 4.14. The summed E-state index contributed by atoms with van der Waals surface area (Å²) in [5.74, 6) is -2.41. The van der Waals surface area contributed by atoms with Gasteiger partial charge in [-0.1, -0.05) is 22.0 Å². The zero-order chi connectivity index (χ0) is 14.7. The molecule has 0 aliphatic rings. The normalized spacial score (nSPS) is 10.1. The zero-order valence-electron chi connectivity index (χ0n) is 10.1. The number of benzene rings is 2. The van der Waals surface area contributed by atoms with Gasteiger partial charge in [-0.2, -0.15) is 0 Å². The summed E-state index contributed by atoms with van der Waals surface area (Å²) in [7, 11) is 0. The molecule has 2 rings (SSSR count). The highest BCUT2D eigenvalue weighted by atomic mass is 79.9. The smallest absolute Gasteiger partial charge is 0.335 e. The lowest BCUT2D eigenvalue weighted by Crippen LogP contribution is -2.13. The summed E-state index contributed by atoms with van der Waals surface area (Å²) in [5, 5.41) is 11.2. The maximum absolute atomic E-state index is 13.6. The molecule has 0 aliphatic carbocycles. The number of halogens is 2. The number of rotatable bonds is 3. The van der Waals surface area contributed by atoms with Crippen molar-refractivity contribution in [3.8, 4) is 0 Å². The molecule has 0 saturated heterocycles. The fourth-order valence-corrected chi connectivity index (χ4v) is 1.98. The van der Waals surface area contributed by atoms with Gasteiger partial charge in [-0.3, -0.25) is 4.79 Å². The Labute approximate surface area is 122 Å². The first kappa shape index (κ1) is 14.2. The van der Waals surface area contributed by atoms with E-state index in [9.17, 15) is 14.0 Å². The summed E-state index contributed by atoms with van der Waals surface area (Å²) >= 11 is 3.23. The molecule has 2 aromatic carbocycles. The molecular weight excluding hydrogens is 329 g/mol. The second-order valence-electron chi connectivity index (χ2n) is 3.96. The molecule has 0 bridgehead atoms. The third kappa shape index (κ3) is 3.21. The van der Waals surface area contributed by atoms with Crippen molar-refractivity contribution < 1.29 is 19.1 Å². The van der Waals surface area contributed by atoms with Crippen molar-refractivity contribution in [2.45, 2.75) is 0 Å². The van der Waals surface area contributed by atoms with E-state index in [0.29, 0.717) is 10.0 Å².